The first kappa shape index (κ1) is 30.9. The number of nitrogens with zero attached hydrogens (tertiary/aromatic N) is 2. The lowest BCUT2D eigenvalue weighted by molar-refractivity contribution is -0.158. The zero-order chi connectivity index (χ0) is 30.7. The zero-order valence-electron chi connectivity index (χ0n) is 24.5. The lowest BCUT2D eigenvalue weighted by Gasteiger charge is -2.49. The van der Waals surface area contributed by atoms with Gasteiger partial charge < -0.3 is 14.7 Å². The highest BCUT2D eigenvalue weighted by molar-refractivity contribution is 7.89. The van der Waals surface area contributed by atoms with Crippen LogP contribution in [0, 0.1) is 17.0 Å². The van der Waals surface area contributed by atoms with Gasteiger partial charge in [0.25, 0.3) is 5.91 Å². The molecule has 2 bridgehead atoms. The Bertz CT molecular complexity index is 1440. The van der Waals surface area contributed by atoms with Gasteiger partial charge in [0.1, 0.15) is 17.7 Å². The quantitative estimate of drug-likeness (QED) is 0.385. The SMILES string of the molecule is CCC1(OC)CC2CCC(C1)N2C(=O)C(O)C1(C2CCCC(c3cc(F)cc(F)c3)N2S(=O)(=O)c2ccc(Cl)cc2)CC1. The second kappa shape index (κ2) is 11.4. The van der Waals surface area contributed by atoms with E-state index in [1.165, 1.54) is 40.7 Å². The Kier molecular flexibility index (Phi) is 8.16. The third kappa shape index (κ3) is 5.31. The maximum Gasteiger partial charge on any atom is 0.252 e. The van der Waals surface area contributed by atoms with E-state index in [1.54, 1.807) is 7.11 Å². The molecule has 234 valence electrons. The normalized spacial score (nSPS) is 31.2. The smallest absolute Gasteiger partial charge is 0.252 e. The topological polar surface area (TPSA) is 87.2 Å². The van der Waals surface area contributed by atoms with Crippen LogP contribution in [0.25, 0.3) is 0 Å². The third-order valence-electron chi connectivity index (χ3n) is 10.7. The lowest BCUT2D eigenvalue weighted by Crippen LogP contribution is -2.60. The number of amides is 1. The molecule has 1 N–H and O–H groups in total. The van der Waals surface area contributed by atoms with E-state index in [2.05, 4.69) is 6.92 Å². The highest BCUT2D eigenvalue weighted by atomic mass is 35.5. The molecular formula is C32H39ClF2N2O5S. The molecule has 0 aromatic heterocycles. The van der Waals surface area contributed by atoms with E-state index >= 15 is 0 Å². The molecule has 3 saturated heterocycles. The van der Waals surface area contributed by atoms with Crippen LogP contribution < -0.4 is 0 Å². The van der Waals surface area contributed by atoms with Crippen LogP contribution in [-0.2, 0) is 19.6 Å². The molecular weight excluding hydrogens is 598 g/mol. The van der Waals surface area contributed by atoms with Crippen molar-refractivity contribution in [3.05, 3.63) is 64.7 Å². The van der Waals surface area contributed by atoms with Crippen molar-refractivity contribution in [2.24, 2.45) is 5.41 Å². The van der Waals surface area contributed by atoms with Crippen molar-refractivity contribution in [3.8, 4) is 0 Å². The number of ether oxygens (including phenoxy) is 1. The predicted molar refractivity (Wildman–Crippen MR) is 158 cm³/mol. The van der Waals surface area contributed by atoms with Crippen molar-refractivity contribution >= 4 is 27.5 Å². The van der Waals surface area contributed by atoms with Crippen LogP contribution in [0.2, 0.25) is 5.02 Å². The third-order valence-corrected chi connectivity index (χ3v) is 12.8. The average Bonchev–Trinajstić information content (AvgIpc) is 3.75. The highest BCUT2D eigenvalue weighted by Gasteiger charge is 2.63. The summed E-state index contributed by atoms with van der Waals surface area (Å²) in [4.78, 5) is 16.0. The Morgan fingerprint density at radius 3 is 2.19 bits per heavy atom. The number of carbonyl (C=O) groups is 1. The summed E-state index contributed by atoms with van der Waals surface area (Å²) in [5.41, 5.74) is -1.08. The number of benzene rings is 2. The minimum atomic E-state index is -4.23. The number of fused-ring (bicyclic) bond motifs is 2. The number of halogens is 3. The van der Waals surface area contributed by atoms with Gasteiger partial charge >= 0.3 is 0 Å². The number of carbonyl (C=O) groups excluding carboxylic acids is 1. The molecule has 3 aliphatic heterocycles. The first-order valence-corrected chi connectivity index (χ1v) is 17.1. The van der Waals surface area contributed by atoms with Crippen LogP contribution in [0.3, 0.4) is 0 Å². The van der Waals surface area contributed by atoms with Gasteiger partial charge in [0.05, 0.1) is 16.5 Å². The van der Waals surface area contributed by atoms with E-state index in [9.17, 15) is 27.1 Å². The van der Waals surface area contributed by atoms with Gasteiger partial charge in [-0.15, -0.1) is 0 Å². The van der Waals surface area contributed by atoms with Crippen LogP contribution >= 0.6 is 11.6 Å². The Balaban J connectivity index is 1.37. The number of aliphatic hydroxyl groups excluding tert-OH is 1. The Morgan fingerprint density at radius 2 is 1.65 bits per heavy atom. The van der Waals surface area contributed by atoms with Crippen LogP contribution in [0.4, 0.5) is 8.78 Å². The van der Waals surface area contributed by atoms with Crippen LogP contribution in [0.15, 0.2) is 47.4 Å². The number of aliphatic hydroxyl groups is 1. The second-order valence-corrected chi connectivity index (χ2v) is 15.1. The van der Waals surface area contributed by atoms with Crippen LogP contribution in [-0.4, -0.2) is 65.6 Å². The Hall–Kier alpha value is -2.11. The minimum Gasteiger partial charge on any atom is -0.383 e. The second-order valence-electron chi connectivity index (χ2n) is 12.9. The first-order chi connectivity index (χ1) is 20.4. The molecule has 1 saturated carbocycles. The zero-order valence-corrected chi connectivity index (χ0v) is 26.1. The Morgan fingerprint density at radius 1 is 1.05 bits per heavy atom. The van der Waals surface area contributed by atoms with E-state index in [0.717, 1.165) is 25.3 Å². The molecule has 0 spiro atoms. The van der Waals surface area contributed by atoms with Crippen molar-refractivity contribution in [2.45, 2.75) is 112 Å². The average molecular weight is 637 g/mol. The largest absolute Gasteiger partial charge is 0.383 e. The summed E-state index contributed by atoms with van der Waals surface area (Å²) in [6.07, 6.45) is 4.82. The standard InChI is InChI=1S/C32H39ClF2N2O5S/c1-3-31(42-2)18-24-9-10-25(19-31)36(24)30(39)29(38)32(13-14-32)28-6-4-5-27(20-15-22(34)17-23(35)16-20)37(28)43(40,41)26-11-7-21(33)8-12-26/h7-8,11-12,15-17,24-25,27-29,38H,3-6,9-10,13-14,18-19H2,1-2H3. The van der Waals surface area contributed by atoms with E-state index in [0.29, 0.717) is 50.0 Å². The molecule has 43 heavy (non-hydrogen) atoms. The van der Waals surface area contributed by atoms with Crippen molar-refractivity contribution < 1.29 is 31.8 Å². The summed E-state index contributed by atoms with van der Waals surface area (Å²) in [5, 5.41) is 12.2. The molecule has 0 radical (unpaired) electrons. The number of rotatable bonds is 8. The summed E-state index contributed by atoms with van der Waals surface area (Å²) in [6, 6.07) is 7.19. The highest BCUT2D eigenvalue weighted by Crippen LogP contribution is 2.59. The van der Waals surface area contributed by atoms with E-state index < -0.39 is 45.3 Å². The van der Waals surface area contributed by atoms with Crippen LogP contribution in [0.5, 0.6) is 0 Å². The van der Waals surface area contributed by atoms with Gasteiger partial charge in [-0.05, 0) is 106 Å². The molecule has 2 aromatic rings. The fourth-order valence-electron chi connectivity index (χ4n) is 8.25. The monoisotopic (exact) mass is 636 g/mol. The molecule has 1 amide bonds. The van der Waals surface area contributed by atoms with Gasteiger partial charge in [-0.1, -0.05) is 18.5 Å². The molecule has 1 aliphatic carbocycles. The molecule has 11 heteroatoms. The number of hydrogen-bond donors (Lipinski definition) is 1. The maximum atomic E-state index is 14.4. The molecule has 5 unspecified atom stereocenters. The van der Waals surface area contributed by atoms with Crippen molar-refractivity contribution in [2.75, 3.05) is 7.11 Å². The molecule has 2 aromatic carbocycles. The van der Waals surface area contributed by atoms with Gasteiger partial charge in [0.15, 0.2) is 0 Å². The summed E-state index contributed by atoms with van der Waals surface area (Å²) < 4.78 is 64.9. The van der Waals surface area contributed by atoms with Crippen molar-refractivity contribution in [3.63, 3.8) is 0 Å². The molecule has 6 rings (SSSR count). The van der Waals surface area contributed by atoms with E-state index in [4.69, 9.17) is 16.3 Å². The van der Waals surface area contributed by atoms with Gasteiger partial charge in [-0.3, -0.25) is 4.79 Å². The Labute approximate surface area is 257 Å². The molecule has 7 nitrogen and oxygen atoms in total. The molecule has 5 atom stereocenters. The van der Waals surface area contributed by atoms with Gasteiger partial charge in [-0.2, -0.15) is 4.31 Å². The first-order valence-electron chi connectivity index (χ1n) is 15.3. The van der Waals surface area contributed by atoms with Gasteiger partial charge in [0, 0.05) is 41.7 Å². The minimum absolute atomic E-state index is 0.00756. The lowest BCUT2D eigenvalue weighted by atomic mass is 9.80. The summed E-state index contributed by atoms with van der Waals surface area (Å²) >= 11 is 6.06. The fraction of sp³-hybridized carbons (Fsp3) is 0.594. The van der Waals surface area contributed by atoms with Crippen molar-refractivity contribution in [1.29, 1.82) is 0 Å². The summed E-state index contributed by atoms with van der Waals surface area (Å²) in [5.74, 6) is -1.94. The predicted octanol–water partition coefficient (Wildman–Crippen LogP) is 5.99. The number of sulfonamides is 1. The fourth-order valence-corrected chi connectivity index (χ4v) is 10.3. The maximum absolute atomic E-state index is 14.4. The molecule has 4 aliphatic rings. The van der Waals surface area contributed by atoms with Gasteiger partial charge in [-0.25, -0.2) is 17.2 Å². The number of piperidine rings is 2. The van der Waals surface area contributed by atoms with Crippen LogP contribution in [0.1, 0.15) is 82.7 Å². The summed E-state index contributed by atoms with van der Waals surface area (Å²) in [7, 11) is -2.52. The molecule has 4 fully saturated rings. The molecule has 3 heterocycles. The number of hydrogen-bond acceptors (Lipinski definition) is 5. The van der Waals surface area contributed by atoms with Crippen molar-refractivity contribution in [1.82, 2.24) is 9.21 Å². The van der Waals surface area contributed by atoms with Gasteiger partial charge in [0.2, 0.25) is 10.0 Å². The van der Waals surface area contributed by atoms with E-state index in [-0.39, 0.29) is 34.1 Å². The number of methoxy groups -OCH3 is 1. The summed E-state index contributed by atoms with van der Waals surface area (Å²) in [6.45, 7) is 2.09. The van der Waals surface area contributed by atoms with E-state index in [1.807, 2.05) is 4.90 Å².